The SMILES string of the molecule is O=[N+]([O-])c1ccc(Cc2nnn(-c3ccc([N+](=O)[O-])cc3)c2-c2ccc(Cl)cc2)cc1. The summed E-state index contributed by atoms with van der Waals surface area (Å²) in [7, 11) is 0. The highest BCUT2D eigenvalue weighted by Crippen LogP contribution is 2.29. The molecule has 0 fully saturated rings. The average Bonchev–Trinajstić information content (AvgIpc) is 3.18. The van der Waals surface area contributed by atoms with Gasteiger partial charge in [0.05, 0.1) is 26.9 Å². The molecule has 4 aromatic rings. The zero-order valence-corrected chi connectivity index (χ0v) is 16.6. The van der Waals surface area contributed by atoms with Crippen molar-refractivity contribution in [2.45, 2.75) is 6.42 Å². The fraction of sp³-hybridized carbons (Fsp3) is 0.0476. The minimum atomic E-state index is -0.467. The molecule has 1 aromatic heterocycles. The number of nitrogens with zero attached hydrogens (tertiary/aromatic N) is 5. The van der Waals surface area contributed by atoms with Crippen LogP contribution in [0.15, 0.2) is 72.8 Å². The third kappa shape index (κ3) is 4.26. The summed E-state index contributed by atoms with van der Waals surface area (Å²) in [5.74, 6) is 0. The maximum atomic E-state index is 11.0. The average molecular weight is 436 g/mol. The van der Waals surface area contributed by atoms with E-state index in [9.17, 15) is 20.2 Å². The predicted octanol–water partition coefficient (Wildman–Crippen LogP) is 4.99. The van der Waals surface area contributed by atoms with E-state index in [2.05, 4.69) is 10.3 Å². The zero-order valence-electron chi connectivity index (χ0n) is 15.9. The van der Waals surface area contributed by atoms with Gasteiger partial charge in [0.15, 0.2) is 0 Å². The van der Waals surface area contributed by atoms with Gasteiger partial charge >= 0.3 is 0 Å². The van der Waals surface area contributed by atoms with Crippen LogP contribution in [0.3, 0.4) is 0 Å². The van der Waals surface area contributed by atoms with Gasteiger partial charge in [-0.05, 0) is 29.8 Å². The summed E-state index contributed by atoms with van der Waals surface area (Å²) >= 11 is 6.03. The van der Waals surface area contributed by atoms with Crippen LogP contribution >= 0.6 is 11.6 Å². The van der Waals surface area contributed by atoms with Crippen LogP contribution in [0.1, 0.15) is 11.3 Å². The Morgan fingerprint density at radius 3 is 1.90 bits per heavy atom. The summed E-state index contributed by atoms with van der Waals surface area (Å²) in [5, 5.41) is 31.0. The minimum absolute atomic E-state index is 0.0104. The van der Waals surface area contributed by atoms with Crippen LogP contribution in [0.25, 0.3) is 16.9 Å². The van der Waals surface area contributed by atoms with Crippen molar-refractivity contribution in [2.75, 3.05) is 0 Å². The second-order valence-electron chi connectivity index (χ2n) is 6.68. The molecule has 154 valence electrons. The summed E-state index contributed by atoms with van der Waals surface area (Å²) in [6.07, 6.45) is 0.392. The van der Waals surface area contributed by atoms with Gasteiger partial charge in [0, 0.05) is 41.3 Å². The summed E-state index contributed by atoms with van der Waals surface area (Å²) < 4.78 is 1.60. The molecule has 9 nitrogen and oxygen atoms in total. The zero-order chi connectivity index (χ0) is 22.0. The van der Waals surface area contributed by atoms with Crippen molar-refractivity contribution in [3.63, 3.8) is 0 Å². The van der Waals surface area contributed by atoms with Crippen LogP contribution in [-0.4, -0.2) is 24.8 Å². The smallest absolute Gasteiger partial charge is 0.258 e. The Hall–Kier alpha value is -4.11. The van der Waals surface area contributed by atoms with Gasteiger partial charge in [-0.2, -0.15) is 0 Å². The van der Waals surface area contributed by atoms with Gasteiger partial charge in [0.2, 0.25) is 0 Å². The van der Waals surface area contributed by atoms with Crippen molar-refractivity contribution in [1.29, 1.82) is 0 Å². The molecule has 31 heavy (non-hydrogen) atoms. The van der Waals surface area contributed by atoms with Crippen molar-refractivity contribution in [1.82, 2.24) is 15.0 Å². The number of rotatable bonds is 6. The van der Waals surface area contributed by atoms with Crippen LogP contribution in [0.4, 0.5) is 11.4 Å². The van der Waals surface area contributed by atoms with Crippen molar-refractivity contribution in [2.24, 2.45) is 0 Å². The minimum Gasteiger partial charge on any atom is -0.258 e. The molecule has 0 unspecified atom stereocenters. The van der Waals surface area contributed by atoms with Crippen LogP contribution < -0.4 is 0 Å². The Morgan fingerprint density at radius 2 is 1.35 bits per heavy atom. The van der Waals surface area contributed by atoms with E-state index < -0.39 is 9.85 Å². The van der Waals surface area contributed by atoms with E-state index in [4.69, 9.17) is 11.6 Å². The van der Waals surface area contributed by atoms with Gasteiger partial charge < -0.3 is 0 Å². The number of aromatic nitrogens is 3. The lowest BCUT2D eigenvalue weighted by atomic mass is 10.0. The van der Waals surface area contributed by atoms with E-state index in [-0.39, 0.29) is 11.4 Å². The molecule has 0 bridgehead atoms. The Balaban J connectivity index is 1.77. The molecule has 0 radical (unpaired) electrons. The van der Waals surface area contributed by atoms with E-state index in [0.717, 1.165) is 11.1 Å². The van der Waals surface area contributed by atoms with Gasteiger partial charge in [-0.3, -0.25) is 20.2 Å². The number of hydrogen-bond acceptors (Lipinski definition) is 6. The van der Waals surface area contributed by atoms with E-state index in [0.29, 0.717) is 28.5 Å². The molecule has 0 amide bonds. The molecule has 0 N–H and O–H groups in total. The molecular weight excluding hydrogens is 422 g/mol. The van der Waals surface area contributed by atoms with Crippen LogP contribution in [-0.2, 0) is 6.42 Å². The molecule has 0 aliphatic carbocycles. The molecule has 3 aromatic carbocycles. The quantitative estimate of drug-likeness (QED) is 0.311. The predicted molar refractivity (Wildman–Crippen MR) is 114 cm³/mol. The van der Waals surface area contributed by atoms with E-state index in [1.165, 1.54) is 24.3 Å². The molecule has 0 saturated heterocycles. The molecule has 10 heteroatoms. The first kappa shape index (κ1) is 20.2. The molecule has 0 aliphatic rings. The van der Waals surface area contributed by atoms with Gasteiger partial charge in [0.1, 0.15) is 0 Å². The molecule has 4 rings (SSSR count). The number of halogens is 1. The van der Waals surface area contributed by atoms with Crippen molar-refractivity contribution in [3.05, 3.63) is 109 Å². The summed E-state index contributed by atoms with van der Waals surface area (Å²) in [6, 6.07) is 19.4. The highest BCUT2D eigenvalue weighted by molar-refractivity contribution is 6.30. The van der Waals surface area contributed by atoms with Gasteiger partial charge in [-0.15, -0.1) is 5.10 Å². The highest BCUT2D eigenvalue weighted by Gasteiger charge is 2.18. The topological polar surface area (TPSA) is 117 Å². The third-order valence-corrected chi connectivity index (χ3v) is 4.93. The second kappa shape index (κ2) is 8.33. The fourth-order valence-electron chi connectivity index (χ4n) is 3.15. The lowest BCUT2D eigenvalue weighted by Crippen LogP contribution is -2.01. The molecule has 0 atom stereocenters. The maximum Gasteiger partial charge on any atom is 0.269 e. The largest absolute Gasteiger partial charge is 0.269 e. The first-order valence-corrected chi connectivity index (χ1v) is 9.49. The normalized spacial score (nSPS) is 10.7. The first-order chi connectivity index (χ1) is 14.9. The third-order valence-electron chi connectivity index (χ3n) is 4.68. The molecule has 1 heterocycles. The standard InChI is InChI=1S/C21H14ClN5O4/c22-16-5-3-15(4-6-16)21-20(13-14-1-7-18(8-2-14)26(28)29)23-24-25(21)17-9-11-19(12-10-17)27(30)31/h1-12H,13H2. The van der Waals surface area contributed by atoms with Crippen LogP contribution in [0.5, 0.6) is 0 Å². The fourth-order valence-corrected chi connectivity index (χ4v) is 3.28. The lowest BCUT2D eigenvalue weighted by molar-refractivity contribution is -0.385. The number of non-ortho nitro benzene ring substituents is 2. The van der Waals surface area contributed by atoms with Crippen LogP contribution in [0.2, 0.25) is 5.02 Å². The summed E-state index contributed by atoms with van der Waals surface area (Å²) in [4.78, 5) is 20.9. The first-order valence-electron chi connectivity index (χ1n) is 9.11. The van der Waals surface area contributed by atoms with Crippen LogP contribution in [0, 0.1) is 20.2 Å². The van der Waals surface area contributed by atoms with Gasteiger partial charge in [0.25, 0.3) is 11.4 Å². The van der Waals surface area contributed by atoms with E-state index in [1.54, 1.807) is 41.1 Å². The number of nitro benzene ring substituents is 2. The number of hydrogen-bond donors (Lipinski definition) is 0. The Labute approximate surface area is 180 Å². The Morgan fingerprint density at radius 1 is 0.806 bits per heavy atom. The number of nitro groups is 2. The van der Waals surface area contributed by atoms with E-state index >= 15 is 0 Å². The second-order valence-corrected chi connectivity index (χ2v) is 7.11. The van der Waals surface area contributed by atoms with Gasteiger partial charge in [-0.25, -0.2) is 4.68 Å². The monoisotopic (exact) mass is 435 g/mol. The Bertz CT molecular complexity index is 1250. The molecule has 0 spiro atoms. The Kier molecular flexibility index (Phi) is 5.42. The highest BCUT2D eigenvalue weighted by atomic mass is 35.5. The summed E-state index contributed by atoms with van der Waals surface area (Å²) in [5.41, 5.74) is 3.58. The van der Waals surface area contributed by atoms with Gasteiger partial charge in [-0.1, -0.05) is 41.1 Å². The number of benzene rings is 3. The molecule has 0 aliphatic heterocycles. The van der Waals surface area contributed by atoms with Crippen molar-refractivity contribution < 1.29 is 9.85 Å². The molecular formula is C21H14ClN5O4. The molecule has 0 saturated carbocycles. The van der Waals surface area contributed by atoms with Crippen molar-refractivity contribution >= 4 is 23.0 Å². The van der Waals surface area contributed by atoms with E-state index in [1.807, 2.05) is 12.1 Å². The lowest BCUT2D eigenvalue weighted by Gasteiger charge is -2.09. The maximum absolute atomic E-state index is 11.0. The van der Waals surface area contributed by atoms with Crippen molar-refractivity contribution in [3.8, 4) is 16.9 Å². The summed E-state index contributed by atoms with van der Waals surface area (Å²) in [6.45, 7) is 0.